The normalized spacial score (nSPS) is 11.1. The molecule has 4 rings (SSSR count). The molecule has 0 aliphatic carbocycles. The number of aromatic nitrogens is 2. The standard InChI is InChI=1S/C20H19N3OS/c1-2-10-24-17-8-6-14(7-9-17)19-13-25-20-22-18(12-23(19)20)15-4-3-5-16(21)11-15/h3-9,11-13H,2,10,21H2,1H3. The third kappa shape index (κ3) is 3.10. The highest BCUT2D eigenvalue weighted by atomic mass is 32.1. The summed E-state index contributed by atoms with van der Waals surface area (Å²) >= 11 is 1.64. The number of hydrogen-bond donors (Lipinski definition) is 1. The lowest BCUT2D eigenvalue weighted by Gasteiger charge is -2.05. The van der Waals surface area contributed by atoms with Crippen LogP contribution in [0.5, 0.6) is 5.75 Å². The van der Waals surface area contributed by atoms with E-state index in [9.17, 15) is 0 Å². The summed E-state index contributed by atoms with van der Waals surface area (Å²) < 4.78 is 7.79. The second-order valence-electron chi connectivity index (χ2n) is 5.90. The van der Waals surface area contributed by atoms with E-state index < -0.39 is 0 Å². The Hall–Kier alpha value is -2.79. The Bertz CT molecular complexity index is 1000. The van der Waals surface area contributed by atoms with E-state index in [1.165, 1.54) is 0 Å². The van der Waals surface area contributed by atoms with Crippen LogP contribution in [0.25, 0.3) is 27.5 Å². The van der Waals surface area contributed by atoms with Crippen molar-refractivity contribution >= 4 is 22.0 Å². The number of anilines is 1. The van der Waals surface area contributed by atoms with Crippen molar-refractivity contribution in [1.82, 2.24) is 9.38 Å². The Morgan fingerprint density at radius 1 is 1.12 bits per heavy atom. The van der Waals surface area contributed by atoms with E-state index in [0.717, 1.165) is 51.9 Å². The smallest absolute Gasteiger partial charge is 0.194 e. The zero-order valence-electron chi connectivity index (χ0n) is 14.0. The van der Waals surface area contributed by atoms with E-state index in [4.69, 9.17) is 15.5 Å². The van der Waals surface area contributed by atoms with Gasteiger partial charge in [0.05, 0.1) is 18.0 Å². The maximum absolute atomic E-state index is 5.89. The first-order valence-electron chi connectivity index (χ1n) is 8.30. The SMILES string of the molecule is CCCOc1ccc(-c2csc3nc(-c4cccc(N)c4)cn23)cc1. The fraction of sp³-hybridized carbons (Fsp3) is 0.150. The number of nitrogens with two attached hydrogens (primary N) is 1. The number of nitrogens with zero attached hydrogens (tertiary/aromatic N) is 2. The van der Waals surface area contributed by atoms with E-state index >= 15 is 0 Å². The highest BCUT2D eigenvalue weighted by Gasteiger charge is 2.11. The molecule has 0 atom stereocenters. The van der Waals surface area contributed by atoms with Gasteiger partial charge in [0.25, 0.3) is 0 Å². The number of nitrogen functional groups attached to an aromatic ring is 1. The molecule has 0 radical (unpaired) electrons. The van der Waals surface area contributed by atoms with Gasteiger partial charge in [-0.25, -0.2) is 4.98 Å². The molecule has 2 heterocycles. The molecule has 2 N–H and O–H groups in total. The van der Waals surface area contributed by atoms with Crippen LogP contribution in [0.1, 0.15) is 13.3 Å². The molecule has 0 aliphatic heterocycles. The second-order valence-corrected chi connectivity index (χ2v) is 6.73. The molecule has 126 valence electrons. The van der Waals surface area contributed by atoms with Gasteiger partial charge in [-0.2, -0.15) is 0 Å². The molecule has 0 saturated heterocycles. The summed E-state index contributed by atoms with van der Waals surface area (Å²) in [6.07, 6.45) is 3.08. The molecule has 0 fully saturated rings. The fourth-order valence-corrected chi connectivity index (χ4v) is 3.65. The van der Waals surface area contributed by atoms with Gasteiger partial charge in [0.1, 0.15) is 5.75 Å². The summed E-state index contributed by atoms with van der Waals surface area (Å²) in [5.74, 6) is 0.906. The average molecular weight is 349 g/mol. The van der Waals surface area contributed by atoms with Crippen molar-refractivity contribution in [2.45, 2.75) is 13.3 Å². The molecule has 2 aromatic heterocycles. The van der Waals surface area contributed by atoms with Gasteiger partial charge in [0.2, 0.25) is 0 Å². The highest BCUT2D eigenvalue weighted by molar-refractivity contribution is 7.15. The lowest BCUT2D eigenvalue weighted by molar-refractivity contribution is 0.317. The second kappa shape index (κ2) is 6.61. The van der Waals surface area contributed by atoms with Gasteiger partial charge in [-0.3, -0.25) is 4.40 Å². The molecule has 25 heavy (non-hydrogen) atoms. The van der Waals surface area contributed by atoms with Crippen LogP contribution in [-0.4, -0.2) is 16.0 Å². The molecule has 2 aromatic carbocycles. The van der Waals surface area contributed by atoms with E-state index in [0.29, 0.717) is 0 Å². The topological polar surface area (TPSA) is 52.5 Å². The molecule has 0 unspecified atom stereocenters. The zero-order chi connectivity index (χ0) is 17.2. The number of benzene rings is 2. The van der Waals surface area contributed by atoms with Gasteiger partial charge in [0.15, 0.2) is 4.96 Å². The maximum atomic E-state index is 5.89. The molecule has 0 bridgehead atoms. The Kier molecular flexibility index (Phi) is 4.15. The molecule has 0 spiro atoms. The lowest BCUT2D eigenvalue weighted by Crippen LogP contribution is -1.94. The lowest BCUT2D eigenvalue weighted by atomic mass is 10.1. The quantitative estimate of drug-likeness (QED) is 0.510. The minimum Gasteiger partial charge on any atom is -0.494 e. The van der Waals surface area contributed by atoms with E-state index in [-0.39, 0.29) is 0 Å². The Morgan fingerprint density at radius 3 is 2.72 bits per heavy atom. The third-order valence-electron chi connectivity index (χ3n) is 4.01. The van der Waals surface area contributed by atoms with E-state index in [1.807, 2.05) is 36.4 Å². The van der Waals surface area contributed by atoms with Crippen LogP contribution in [0.15, 0.2) is 60.1 Å². The number of fused-ring (bicyclic) bond motifs is 1. The van der Waals surface area contributed by atoms with E-state index in [1.54, 1.807) is 11.3 Å². The van der Waals surface area contributed by atoms with Crippen molar-refractivity contribution in [3.8, 4) is 28.3 Å². The van der Waals surface area contributed by atoms with Crippen LogP contribution in [0.4, 0.5) is 5.69 Å². The first-order chi connectivity index (χ1) is 12.2. The third-order valence-corrected chi connectivity index (χ3v) is 4.85. The summed E-state index contributed by atoms with van der Waals surface area (Å²) in [5.41, 5.74) is 10.9. The molecular weight excluding hydrogens is 330 g/mol. The number of ether oxygens (including phenoxy) is 1. The van der Waals surface area contributed by atoms with E-state index in [2.05, 4.69) is 35.0 Å². The van der Waals surface area contributed by atoms with Gasteiger partial charge in [-0.15, -0.1) is 11.3 Å². The molecule has 4 nitrogen and oxygen atoms in total. The minimum atomic E-state index is 0.743. The van der Waals surface area contributed by atoms with Crippen molar-refractivity contribution < 1.29 is 4.74 Å². The van der Waals surface area contributed by atoms with Gasteiger partial charge in [-0.05, 0) is 48.4 Å². The van der Waals surface area contributed by atoms with Crippen LogP contribution in [0, 0.1) is 0 Å². The van der Waals surface area contributed by atoms with Gasteiger partial charge in [0, 0.05) is 22.8 Å². The molecule has 5 heteroatoms. The number of thiazole rings is 1. The zero-order valence-corrected chi connectivity index (χ0v) is 14.8. The van der Waals surface area contributed by atoms with Crippen LogP contribution in [0.2, 0.25) is 0 Å². The van der Waals surface area contributed by atoms with Crippen molar-refractivity contribution in [3.05, 3.63) is 60.1 Å². The highest BCUT2D eigenvalue weighted by Crippen LogP contribution is 2.30. The molecule has 0 aliphatic rings. The summed E-state index contributed by atoms with van der Waals surface area (Å²) in [7, 11) is 0. The van der Waals surface area contributed by atoms with Crippen LogP contribution < -0.4 is 10.5 Å². The van der Waals surface area contributed by atoms with Crippen LogP contribution >= 0.6 is 11.3 Å². The molecular formula is C20H19N3OS. The number of rotatable bonds is 5. The van der Waals surface area contributed by atoms with Crippen molar-refractivity contribution in [1.29, 1.82) is 0 Å². The number of imidazole rings is 1. The van der Waals surface area contributed by atoms with Crippen molar-refractivity contribution in [3.63, 3.8) is 0 Å². The molecule has 0 saturated carbocycles. The van der Waals surface area contributed by atoms with Crippen LogP contribution in [0.3, 0.4) is 0 Å². The van der Waals surface area contributed by atoms with Gasteiger partial charge < -0.3 is 10.5 Å². The fourth-order valence-electron chi connectivity index (χ4n) is 2.77. The Balaban J connectivity index is 1.69. The summed E-state index contributed by atoms with van der Waals surface area (Å²) in [6.45, 7) is 2.85. The van der Waals surface area contributed by atoms with Crippen molar-refractivity contribution in [2.24, 2.45) is 0 Å². The predicted molar refractivity (Wildman–Crippen MR) is 104 cm³/mol. The molecule has 4 aromatic rings. The average Bonchev–Trinajstić information content (AvgIpc) is 3.21. The summed E-state index contributed by atoms with van der Waals surface area (Å²) in [6, 6.07) is 16.0. The largest absolute Gasteiger partial charge is 0.494 e. The van der Waals surface area contributed by atoms with Gasteiger partial charge in [-0.1, -0.05) is 19.1 Å². The first-order valence-corrected chi connectivity index (χ1v) is 9.18. The first kappa shape index (κ1) is 15.7. The Morgan fingerprint density at radius 2 is 1.96 bits per heavy atom. The summed E-state index contributed by atoms with van der Waals surface area (Å²) in [4.78, 5) is 5.70. The monoisotopic (exact) mass is 349 g/mol. The van der Waals surface area contributed by atoms with Crippen molar-refractivity contribution in [2.75, 3.05) is 12.3 Å². The van der Waals surface area contributed by atoms with Crippen LogP contribution in [-0.2, 0) is 0 Å². The molecule has 0 amide bonds. The Labute approximate surface area is 150 Å². The number of hydrogen-bond acceptors (Lipinski definition) is 4. The van der Waals surface area contributed by atoms with Gasteiger partial charge >= 0.3 is 0 Å². The summed E-state index contributed by atoms with van der Waals surface area (Å²) in [5, 5.41) is 2.13. The predicted octanol–water partition coefficient (Wildman–Crippen LogP) is 5.10. The minimum absolute atomic E-state index is 0.743. The maximum Gasteiger partial charge on any atom is 0.194 e.